The highest BCUT2D eigenvalue weighted by Gasteiger charge is 2.39. The molecule has 4 heterocycles. The summed E-state index contributed by atoms with van der Waals surface area (Å²) in [4.78, 5) is 39.1. The van der Waals surface area contributed by atoms with Crippen molar-refractivity contribution in [3.8, 4) is 0 Å². The van der Waals surface area contributed by atoms with Crippen molar-refractivity contribution >= 4 is 61.3 Å². The van der Waals surface area contributed by atoms with Crippen molar-refractivity contribution in [2.75, 3.05) is 5.75 Å². The van der Waals surface area contributed by atoms with Gasteiger partial charge in [-0.25, -0.2) is 4.79 Å². The Morgan fingerprint density at radius 1 is 1.07 bits per heavy atom. The highest BCUT2D eigenvalue weighted by atomic mass is 32.1. The predicted octanol–water partition coefficient (Wildman–Crippen LogP) is 4.13. The number of amides is 1. The Hall–Kier alpha value is -3.35. The average Bonchev–Trinajstić information content (AvgIpc) is 3.60. The number of aromatic amines is 1. The van der Waals surface area contributed by atoms with E-state index in [1.807, 2.05) is 52.8 Å². The van der Waals surface area contributed by atoms with Crippen molar-refractivity contribution in [2.45, 2.75) is 77.4 Å². The van der Waals surface area contributed by atoms with E-state index in [2.05, 4.69) is 46.2 Å². The van der Waals surface area contributed by atoms with E-state index < -0.39 is 18.2 Å². The Morgan fingerprint density at radius 2 is 1.78 bits per heavy atom. The summed E-state index contributed by atoms with van der Waals surface area (Å²) in [7, 11) is 0. The summed E-state index contributed by atoms with van der Waals surface area (Å²) in [6.07, 6.45) is 8.48. The number of aliphatic hydroxyl groups excluding tert-OH is 1. The fourth-order valence-corrected chi connectivity index (χ4v) is 7.35. The Labute approximate surface area is 275 Å². The standard InChI is InChI=1S/C33H44N4O6S2/c1-15-20(6-8-29(38)39)26(34-23(15)12-25-17(3)22(10-11-44)33(43)36-25)14-27-21(7-9-30(40)41)16(2)24(35-27)13-28-31(19(5)45)18(4)32(42)37-28/h7,9-10,13-14,17-19,23,25,31-32,34-35,37,42,44-45H,6,8,11-12H2,1-5H3,(H,36,43)(H,38,39)(H,40,41)/b9-7-,22-10-,26-14-,28-13-/t17?,18-,19+,23?,25-,31+,32?/m1/s1. The van der Waals surface area contributed by atoms with Gasteiger partial charge in [-0.1, -0.05) is 26.8 Å². The van der Waals surface area contributed by atoms with Crippen LogP contribution in [0.15, 0.2) is 40.3 Å². The molecule has 45 heavy (non-hydrogen) atoms. The lowest BCUT2D eigenvalue weighted by molar-refractivity contribution is -0.137. The number of aromatic nitrogens is 1. The van der Waals surface area contributed by atoms with E-state index in [0.29, 0.717) is 29.9 Å². The van der Waals surface area contributed by atoms with E-state index >= 15 is 0 Å². The molecule has 1 aromatic heterocycles. The van der Waals surface area contributed by atoms with Crippen LogP contribution in [-0.2, 0) is 14.4 Å². The van der Waals surface area contributed by atoms with Gasteiger partial charge in [-0.3, -0.25) is 9.59 Å². The number of rotatable bonds is 11. The minimum absolute atomic E-state index is 0.00149. The van der Waals surface area contributed by atoms with E-state index in [1.165, 1.54) is 0 Å². The fraction of sp³-hybridized carbons (Fsp3) is 0.485. The third kappa shape index (κ3) is 7.56. The van der Waals surface area contributed by atoms with Crippen LogP contribution in [0.4, 0.5) is 0 Å². The van der Waals surface area contributed by atoms with Crippen LogP contribution >= 0.6 is 25.3 Å². The lowest BCUT2D eigenvalue weighted by Gasteiger charge is -2.21. The molecule has 12 heteroatoms. The Balaban J connectivity index is 1.74. The average molecular weight is 657 g/mol. The van der Waals surface area contributed by atoms with Crippen molar-refractivity contribution in [1.29, 1.82) is 0 Å². The third-order valence-corrected chi connectivity index (χ3v) is 9.83. The number of hydrogen-bond donors (Lipinski definition) is 9. The normalized spacial score (nSPS) is 30.0. The molecule has 2 fully saturated rings. The first-order valence-electron chi connectivity index (χ1n) is 15.2. The summed E-state index contributed by atoms with van der Waals surface area (Å²) in [5.74, 6) is -1.66. The van der Waals surface area contributed by atoms with Gasteiger partial charge in [0.05, 0.1) is 0 Å². The predicted molar refractivity (Wildman–Crippen MR) is 183 cm³/mol. The van der Waals surface area contributed by atoms with Gasteiger partial charge in [-0.2, -0.15) is 25.3 Å². The molecule has 7 atom stereocenters. The molecule has 10 nitrogen and oxygen atoms in total. The van der Waals surface area contributed by atoms with Crippen molar-refractivity contribution in [2.24, 2.45) is 17.8 Å². The van der Waals surface area contributed by atoms with E-state index in [9.17, 15) is 29.7 Å². The Kier molecular flexibility index (Phi) is 11.0. The van der Waals surface area contributed by atoms with Crippen LogP contribution in [0, 0.1) is 24.7 Å². The number of hydrogen-bond acceptors (Lipinski definition) is 8. The van der Waals surface area contributed by atoms with E-state index in [4.69, 9.17) is 0 Å². The first kappa shape index (κ1) is 34.5. The number of aliphatic hydroxyl groups is 1. The minimum atomic E-state index is -1.08. The van der Waals surface area contributed by atoms with Crippen LogP contribution in [0.2, 0.25) is 0 Å². The number of nitrogens with one attached hydrogen (secondary N) is 4. The van der Waals surface area contributed by atoms with Crippen LogP contribution in [0.5, 0.6) is 0 Å². The monoisotopic (exact) mass is 656 g/mol. The quantitative estimate of drug-likeness (QED) is 0.127. The molecule has 0 bridgehead atoms. The first-order chi connectivity index (χ1) is 21.2. The number of carboxylic acids is 2. The highest BCUT2D eigenvalue weighted by Crippen LogP contribution is 2.38. The van der Waals surface area contributed by atoms with Gasteiger partial charge in [0.2, 0.25) is 5.91 Å². The second-order valence-corrected chi connectivity index (χ2v) is 13.4. The minimum Gasteiger partial charge on any atom is -0.481 e. The van der Waals surface area contributed by atoms with Crippen molar-refractivity contribution in [1.82, 2.24) is 20.9 Å². The number of H-pyrrole nitrogens is 1. The molecule has 3 unspecified atom stereocenters. The molecule has 4 rings (SSSR count). The van der Waals surface area contributed by atoms with Crippen molar-refractivity contribution in [3.05, 3.63) is 62.8 Å². The maximum Gasteiger partial charge on any atom is 0.328 e. The van der Waals surface area contributed by atoms with Gasteiger partial charge in [0, 0.05) is 87.3 Å². The molecule has 0 radical (unpaired) electrons. The summed E-state index contributed by atoms with van der Waals surface area (Å²) < 4.78 is 0. The second kappa shape index (κ2) is 14.4. The van der Waals surface area contributed by atoms with Gasteiger partial charge < -0.3 is 36.3 Å². The summed E-state index contributed by atoms with van der Waals surface area (Å²) in [5, 5.41) is 39.2. The maximum atomic E-state index is 12.6. The summed E-state index contributed by atoms with van der Waals surface area (Å²) in [6.45, 7) is 9.86. The SMILES string of the molecule is CC1=C(CCC(=O)O)/C(=C/c2[nH]c(/C=C3\NC(O)[C@H](C)[C@H]3[C@H](C)S)c(C)c2/C=C\C(=O)O)NC1C[C@H]1NC(=O)/C(=C\CS)C1C. The number of aliphatic carboxylic acids is 2. The van der Waals surface area contributed by atoms with Crippen molar-refractivity contribution < 1.29 is 29.7 Å². The number of carboxylic acid groups (broad SMARTS) is 2. The largest absolute Gasteiger partial charge is 0.481 e. The maximum absolute atomic E-state index is 12.6. The molecule has 0 aliphatic carbocycles. The summed E-state index contributed by atoms with van der Waals surface area (Å²) >= 11 is 8.91. The van der Waals surface area contributed by atoms with E-state index in [0.717, 1.165) is 45.4 Å². The number of carbonyl (C=O) groups is 3. The van der Waals surface area contributed by atoms with Crippen LogP contribution in [0.1, 0.15) is 69.5 Å². The lowest BCUT2D eigenvalue weighted by atomic mass is 9.90. The molecule has 0 saturated carbocycles. The van der Waals surface area contributed by atoms with Gasteiger partial charge in [0.1, 0.15) is 6.23 Å². The van der Waals surface area contributed by atoms with Crippen LogP contribution < -0.4 is 16.0 Å². The highest BCUT2D eigenvalue weighted by molar-refractivity contribution is 7.81. The molecule has 3 aliphatic heterocycles. The smallest absolute Gasteiger partial charge is 0.328 e. The second-order valence-electron chi connectivity index (χ2n) is 12.2. The summed E-state index contributed by atoms with van der Waals surface area (Å²) in [5.41, 5.74) is 7.11. The van der Waals surface area contributed by atoms with Crippen LogP contribution in [0.3, 0.4) is 0 Å². The van der Waals surface area contributed by atoms with Gasteiger partial charge in [0.15, 0.2) is 0 Å². The van der Waals surface area contributed by atoms with Gasteiger partial charge in [-0.05, 0) is 61.6 Å². The molecule has 0 spiro atoms. The van der Waals surface area contributed by atoms with Crippen molar-refractivity contribution in [3.63, 3.8) is 0 Å². The lowest BCUT2D eigenvalue weighted by Crippen LogP contribution is -2.36. The molecular weight excluding hydrogens is 613 g/mol. The molecule has 244 valence electrons. The Bertz CT molecular complexity index is 1500. The fourth-order valence-electron chi connectivity index (χ4n) is 6.72. The Morgan fingerprint density at radius 3 is 2.40 bits per heavy atom. The topological polar surface area (TPSA) is 164 Å². The van der Waals surface area contributed by atoms with E-state index in [-0.39, 0.29) is 47.4 Å². The zero-order chi connectivity index (χ0) is 33.2. The molecule has 1 amide bonds. The molecule has 1 aromatic rings. The molecule has 7 N–H and O–H groups in total. The van der Waals surface area contributed by atoms with Crippen LogP contribution in [-0.4, -0.2) is 67.5 Å². The third-order valence-electron chi connectivity index (χ3n) is 9.32. The van der Waals surface area contributed by atoms with Crippen LogP contribution in [0.25, 0.3) is 18.2 Å². The number of thiol groups is 2. The van der Waals surface area contributed by atoms with Gasteiger partial charge in [-0.15, -0.1) is 0 Å². The zero-order valence-corrected chi connectivity index (χ0v) is 28.0. The summed E-state index contributed by atoms with van der Waals surface area (Å²) in [6, 6.07) is -0.239. The van der Waals surface area contributed by atoms with Gasteiger partial charge in [0.25, 0.3) is 0 Å². The number of carbonyl (C=O) groups excluding carboxylic acids is 1. The zero-order valence-electron chi connectivity index (χ0n) is 26.2. The molecule has 2 saturated heterocycles. The molecule has 3 aliphatic rings. The van der Waals surface area contributed by atoms with Gasteiger partial charge >= 0.3 is 11.9 Å². The van der Waals surface area contributed by atoms with E-state index in [1.54, 1.807) is 6.08 Å². The molecular formula is C33H44N4O6S2. The number of allylic oxidation sites excluding steroid dienone is 2. The molecule has 0 aromatic carbocycles. The first-order valence-corrected chi connectivity index (χ1v) is 16.4.